The Morgan fingerprint density at radius 2 is 1.74 bits per heavy atom. The number of rotatable bonds is 5. The van der Waals surface area contributed by atoms with Crippen LogP contribution in [0.15, 0.2) is 53.7 Å². The number of halogens is 2. The van der Waals surface area contributed by atoms with Gasteiger partial charge >= 0.3 is 0 Å². The largest absolute Gasteiger partial charge is 0.338 e. The summed E-state index contributed by atoms with van der Waals surface area (Å²) < 4.78 is 38.3. The Kier molecular flexibility index (Phi) is 5.20. The molecule has 0 unspecified atom stereocenters. The van der Waals surface area contributed by atoms with Crippen LogP contribution < -0.4 is 5.32 Å². The van der Waals surface area contributed by atoms with Crippen LogP contribution in [0, 0.1) is 5.82 Å². The Balaban J connectivity index is 2.29. The molecular weight excluding hydrogens is 393 g/mol. The standard InChI is InChI=1S/C18H13ClFN3O3S/c1-27(25,26)18-22-16(11-6-2-4-8-14(11)20)12(10-24)17(23-18)21-15-9-5-3-7-13(15)19/h2-10H,1H3,(H,21,22,23). The fraction of sp³-hybridized carbons (Fsp3) is 0.0556. The number of nitrogens with zero attached hydrogens (tertiary/aromatic N) is 2. The maximum atomic E-state index is 14.3. The molecule has 3 aromatic rings. The van der Waals surface area contributed by atoms with E-state index in [0.717, 1.165) is 6.26 Å². The lowest BCUT2D eigenvalue weighted by molar-refractivity contribution is 0.112. The second kappa shape index (κ2) is 7.42. The van der Waals surface area contributed by atoms with Crippen molar-refractivity contribution >= 4 is 39.2 Å². The number of anilines is 2. The highest BCUT2D eigenvalue weighted by molar-refractivity contribution is 7.90. The first-order valence-corrected chi connectivity index (χ1v) is 9.92. The third-order valence-electron chi connectivity index (χ3n) is 3.63. The van der Waals surface area contributed by atoms with Gasteiger partial charge in [-0.15, -0.1) is 0 Å². The molecule has 0 aliphatic carbocycles. The van der Waals surface area contributed by atoms with Crippen molar-refractivity contribution in [3.05, 3.63) is 64.9 Å². The van der Waals surface area contributed by atoms with Gasteiger partial charge in [0.2, 0.25) is 15.0 Å². The maximum absolute atomic E-state index is 14.3. The second-order valence-electron chi connectivity index (χ2n) is 5.59. The van der Waals surface area contributed by atoms with Gasteiger partial charge in [-0.2, -0.15) is 4.98 Å². The van der Waals surface area contributed by atoms with Crippen LogP contribution >= 0.6 is 11.6 Å². The third kappa shape index (κ3) is 3.96. The fourth-order valence-electron chi connectivity index (χ4n) is 2.37. The van der Waals surface area contributed by atoms with Gasteiger partial charge in [-0.3, -0.25) is 4.79 Å². The summed E-state index contributed by atoms with van der Waals surface area (Å²) in [6.07, 6.45) is 1.36. The zero-order valence-corrected chi connectivity index (χ0v) is 15.6. The van der Waals surface area contributed by atoms with Crippen LogP contribution in [0.4, 0.5) is 15.9 Å². The van der Waals surface area contributed by atoms with E-state index in [4.69, 9.17) is 11.6 Å². The summed E-state index contributed by atoms with van der Waals surface area (Å²) in [5, 5.41) is 2.63. The van der Waals surface area contributed by atoms with Gasteiger partial charge in [0, 0.05) is 11.8 Å². The molecule has 6 nitrogen and oxygen atoms in total. The molecule has 138 valence electrons. The van der Waals surface area contributed by atoms with Crippen molar-refractivity contribution < 1.29 is 17.6 Å². The van der Waals surface area contributed by atoms with Crippen molar-refractivity contribution in [2.45, 2.75) is 5.16 Å². The number of nitrogens with one attached hydrogen (secondary N) is 1. The molecule has 0 saturated heterocycles. The molecule has 0 bridgehead atoms. The van der Waals surface area contributed by atoms with Gasteiger partial charge in [0.15, 0.2) is 6.29 Å². The molecule has 27 heavy (non-hydrogen) atoms. The van der Waals surface area contributed by atoms with Crippen LogP contribution in [0.2, 0.25) is 5.02 Å². The van der Waals surface area contributed by atoms with Gasteiger partial charge in [0.05, 0.1) is 22.0 Å². The fourth-order valence-corrected chi connectivity index (χ4v) is 3.07. The summed E-state index contributed by atoms with van der Waals surface area (Å²) >= 11 is 6.11. The number of hydrogen-bond acceptors (Lipinski definition) is 6. The Morgan fingerprint density at radius 3 is 2.37 bits per heavy atom. The third-order valence-corrected chi connectivity index (χ3v) is 4.81. The minimum Gasteiger partial charge on any atom is -0.338 e. The molecule has 0 radical (unpaired) electrons. The summed E-state index contributed by atoms with van der Waals surface area (Å²) in [5.41, 5.74) is 0.162. The van der Waals surface area contributed by atoms with Crippen molar-refractivity contribution in [3.8, 4) is 11.3 Å². The lowest BCUT2D eigenvalue weighted by Crippen LogP contribution is -2.11. The number of hydrogen-bond donors (Lipinski definition) is 1. The first-order chi connectivity index (χ1) is 12.8. The molecule has 0 spiro atoms. The van der Waals surface area contributed by atoms with Crippen molar-refractivity contribution in [1.29, 1.82) is 0 Å². The molecule has 0 saturated carbocycles. The lowest BCUT2D eigenvalue weighted by atomic mass is 10.1. The molecule has 0 fully saturated rings. The highest BCUT2D eigenvalue weighted by Crippen LogP contribution is 2.31. The molecule has 0 atom stereocenters. The quantitative estimate of drug-likeness (QED) is 0.511. The molecule has 0 aliphatic heterocycles. The summed E-state index contributed by atoms with van der Waals surface area (Å²) in [7, 11) is -3.83. The number of aldehydes is 1. The maximum Gasteiger partial charge on any atom is 0.249 e. The first-order valence-electron chi connectivity index (χ1n) is 7.65. The van der Waals surface area contributed by atoms with E-state index in [9.17, 15) is 17.6 Å². The molecule has 0 aliphatic rings. The zero-order valence-electron chi connectivity index (χ0n) is 14.0. The summed E-state index contributed by atoms with van der Waals surface area (Å²) in [4.78, 5) is 19.6. The van der Waals surface area contributed by atoms with E-state index in [0.29, 0.717) is 17.0 Å². The first kappa shape index (κ1) is 18.9. The van der Waals surface area contributed by atoms with Crippen LogP contribution in [0.3, 0.4) is 0 Å². The second-order valence-corrected chi connectivity index (χ2v) is 7.91. The minimum absolute atomic E-state index is 0.0193. The van der Waals surface area contributed by atoms with Gasteiger partial charge in [0.25, 0.3) is 0 Å². The van der Waals surface area contributed by atoms with Crippen molar-refractivity contribution in [2.75, 3.05) is 11.6 Å². The average molecular weight is 406 g/mol. The molecule has 0 amide bonds. The van der Waals surface area contributed by atoms with Crippen LogP contribution in [0.25, 0.3) is 11.3 Å². The number of para-hydroxylation sites is 1. The molecule has 1 N–H and O–H groups in total. The number of benzene rings is 2. The Labute approximate surface area is 160 Å². The monoisotopic (exact) mass is 405 g/mol. The topological polar surface area (TPSA) is 89.0 Å². The number of carbonyl (C=O) groups excluding carboxylic acids is 1. The number of aromatic nitrogens is 2. The van der Waals surface area contributed by atoms with Gasteiger partial charge in [-0.25, -0.2) is 17.8 Å². The van der Waals surface area contributed by atoms with E-state index in [1.165, 1.54) is 18.2 Å². The van der Waals surface area contributed by atoms with E-state index in [1.807, 2.05) is 0 Å². The summed E-state index contributed by atoms with van der Waals surface area (Å²) in [6, 6.07) is 12.3. The highest BCUT2D eigenvalue weighted by Gasteiger charge is 2.22. The van der Waals surface area contributed by atoms with Gasteiger partial charge in [-0.05, 0) is 24.3 Å². The predicted octanol–water partition coefficient (Wildman–Crippen LogP) is 3.90. The van der Waals surface area contributed by atoms with E-state index in [2.05, 4.69) is 15.3 Å². The summed E-state index contributed by atoms with van der Waals surface area (Å²) in [6.45, 7) is 0. The Hall–Kier alpha value is -2.84. The Bertz CT molecular complexity index is 1140. The summed E-state index contributed by atoms with van der Waals surface area (Å²) in [5.74, 6) is -0.741. The molecule has 1 heterocycles. The van der Waals surface area contributed by atoms with Crippen LogP contribution in [-0.4, -0.2) is 30.9 Å². The Morgan fingerprint density at radius 1 is 1.07 bits per heavy atom. The normalized spacial score (nSPS) is 11.2. The number of sulfone groups is 1. The van der Waals surface area contributed by atoms with Gasteiger partial charge in [0.1, 0.15) is 11.6 Å². The van der Waals surface area contributed by atoms with Crippen molar-refractivity contribution in [1.82, 2.24) is 9.97 Å². The van der Waals surface area contributed by atoms with E-state index in [1.54, 1.807) is 30.3 Å². The average Bonchev–Trinajstić information content (AvgIpc) is 2.62. The molecule has 3 rings (SSSR count). The number of carbonyl (C=O) groups is 1. The van der Waals surface area contributed by atoms with Crippen LogP contribution in [-0.2, 0) is 9.84 Å². The van der Waals surface area contributed by atoms with E-state index < -0.39 is 20.8 Å². The smallest absolute Gasteiger partial charge is 0.249 e. The van der Waals surface area contributed by atoms with Crippen molar-refractivity contribution in [3.63, 3.8) is 0 Å². The molecule has 9 heteroatoms. The van der Waals surface area contributed by atoms with Crippen LogP contribution in [0.5, 0.6) is 0 Å². The van der Waals surface area contributed by atoms with Gasteiger partial charge in [-0.1, -0.05) is 35.9 Å². The van der Waals surface area contributed by atoms with E-state index >= 15 is 0 Å². The highest BCUT2D eigenvalue weighted by atomic mass is 35.5. The lowest BCUT2D eigenvalue weighted by Gasteiger charge is -2.14. The molecule has 2 aromatic carbocycles. The van der Waals surface area contributed by atoms with Crippen LogP contribution in [0.1, 0.15) is 10.4 Å². The molecular formula is C18H13ClFN3O3S. The predicted molar refractivity (Wildman–Crippen MR) is 101 cm³/mol. The molecule has 1 aromatic heterocycles. The van der Waals surface area contributed by atoms with Crippen molar-refractivity contribution in [2.24, 2.45) is 0 Å². The SMILES string of the molecule is CS(=O)(=O)c1nc(Nc2ccccc2Cl)c(C=O)c(-c2ccccc2F)n1. The van der Waals surface area contributed by atoms with Gasteiger partial charge < -0.3 is 5.32 Å². The zero-order chi connectivity index (χ0) is 19.6. The minimum atomic E-state index is -3.83. The van der Waals surface area contributed by atoms with E-state index in [-0.39, 0.29) is 22.6 Å².